The maximum absolute atomic E-state index is 15.4. The van der Waals surface area contributed by atoms with Gasteiger partial charge in [-0.2, -0.15) is 0 Å². The van der Waals surface area contributed by atoms with Crippen LogP contribution in [0.1, 0.15) is 143 Å². The fourth-order valence-electron chi connectivity index (χ4n) is 9.52. The van der Waals surface area contributed by atoms with Crippen LogP contribution in [0.4, 0.5) is 0 Å². The average molecular weight is 503 g/mol. The summed E-state index contributed by atoms with van der Waals surface area (Å²) in [5, 5.41) is 0. The van der Waals surface area contributed by atoms with E-state index >= 15 is 4.79 Å². The van der Waals surface area contributed by atoms with Gasteiger partial charge in [0.2, 0.25) is 0 Å². The molecule has 0 heterocycles. The Morgan fingerprint density at radius 3 is 1.14 bits per heavy atom. The van der Waals surface area contributed by atoms with E-state index in [0.717, 1.165) is 38.9 Å². The van der Waals surface area contributed by atoms with E-state index in [2.05, 4.69) is 27.7 Å². The van der Waals surface area contributed by atoms with Crippen molar-refractivity contribution in [2.24, 2.45) is 34.5 Å². The molecular formula is C33H58O3. The van der Waals surface area contributed by atoms with Crippen molar-refractivity contribution in [1.82, 2.24) is 0 Å². The predicted molar refractivity (Wildman–Crippen MR) is 149 cm³/mol. The maximum Gasteiger partial charge on any atom is 0.145 e. The van der Waals surface area contributed by atoms with E-state index in [4.69, 9.17) is 9.47 Å². The van der Waals surface area contributed by atoms with Crippen molar-refractivity contribution in [2.75, 3.05) is 13.2 Å². The highest BCUT2D eigenvalue weighted by atomic mass is 16.5. The number of ketones is 1. The summed E-state index contributed by atoms with van der Waals surface area (Å²) in [5.74, 6) is 2.93. The molecule has 4 fully saturated rings. The van der Waals surface area contributed by atoms with Gasteiger partial charge in [0.1, 0.15) is 5.78 Å². The first-order chi connectivity index (χ1) is 17.4. The van der Waals surface area contributed by atoms with Crippen LogP contribution in [0, 0.1) is 34.5 Å². The van der Waals surface area contributed by atoms with E-state index in [1.165, 1.54) is 89.9 Å². The van der Waals surface area contributed by atoms with Crippen molar-refractivity contribution < 1.29 is 14.3 Å². The molecular weight excluding hydrogens is 444 g/mol. The Bertz CT molecular complexity index is 606. The summed E-state index contributed by atoms with van der Waals surface area (Å²) in [6.45, 7) is 10.8. The molecule has 36 heavy (non-hydrogen) atoms. The number of Topliss-reactive ketones (excluding diaryl/α,β-unsaturated/α-hetero) is 1. The van der Waals surface area contributed by atoms with Gasteiger partial charge < -0.3 is 9.47 Å². The van der Waals surface area contributed by atoms with E-state index in [9.17, 15) is 0 Å². The summed E-state index contributed by atoms with van der Waals surface area (Å²) in [4.78, 5) is 15.4. The molecule has 0 aromatic carbocycles. The highest BCUT2D eigenvalue weighted by molar-refractivity contribution is 5.91. The van der Waals surface area contributed by atoms with Gasteiger partial charge in [-0.05, 0) is 115 Å². The van der Waals surface area contributed by atoms with E-state index in [0.29, 0.717) is 41.7 Å². The number of hydrogen-bond acceptors (Lipinski definition) is 3. The number of carbonyl (C=O) groups excluding carboxylic acids is 1. The molecule has 0 aliphatic heterocycles. The summed E-state index contributed by atoms with van der Waals surface area (Å²) in [6, 6.07) is 0. The molecule has 0 radical (unpaired) electrons. The first-order valence-electron chi connectivity index (χ1n) is 16.2. The molecule has 0 spiro atoms. The van der Waals surface area contributed by atoms with Gasteiger partial charge in [-0.1, -0.05) is 52.4 Å². The Morgan fingerprint density at radius 2 is 0.833 bits per heavy atom. The molecule has 3 heteroatoms. The third-order valence-corrected chi connectivity index (χ3v) is 11.7. The zero-order valence-electron chi connectivity index (χ0n) is 24.3. The monoisotopic (exact) mass is 502 g/mol. The molecule has 0 saturated heterocycles. The van der Waals surface area contributed by atoms with Crippen LogP contribution in [0.25, 0.3) is 0 Å². The molecule has 208 valence electrons. The lowest BCUT2D eigenvalue weighted by Gasteiger charge is -2.55. The third kappa shape index (κ3) is 5.93. The second-order valence-corrected chi connectivity index (χ2v) is 13.4. The summed E-state index contributed by atoms with van der Waals surface area (Å²) in [7, 11) is 0. The van der Waals surface area contributed by atoms with Crippen molar-refractivity contribution in [2.45, 2.75) is 155 Å². The first kappa shape index (κ1) is 28.6. The molecule has 4 aliphatic carbocycles. The van der Waals surface area contributed by atoms with Gasteiger partial charge in [0.05, 0.1) is 12.2 Å². The fourth-order valence-corrected chi connectivity index (χ4v) is 9.52. The van der Waals surface area contributed by atoms with Crippen LogP contribution >= 0.6 is 0 Å². The number of ether oxygens (including phenoxy) is 2. The van der Waals surface area contributed by atoms with Gasteiger partial charge in [-0.25, -0.2) is 0 Å². The van der Waals surface area contributed by atoms with Gasteiger partial charge in [0.15, 0.2) is 0 Å². The minimum atomic E-state index is -0.166. The SMILES string of the molecule is CCOC1CCC(C(C)(C(=O)C(C)(C2CCCCC2)C2CCC(OCC)CC2)C2CCCCC2)CC1. The number of hydrogen-bond donors (Lipinski definition) is 0. The lowest BCUT2D eigenvalue weighted by Crippen LogP contribution is -2.56. The quantitative estimate of drug-likeness (QED) is 0.299. The predicted octanol–water partition coefficient (Wildman–Crippen LogP) is 8.92. The van der Waals surface area contributed by atoms with Crippen LogP contribution in [0.2, 0.25) is 0 Å². The second-order valence-electron chi connectivity index (χ2n) is 13.4. The summed E-state index contributed by atoms with van der Waals surface area (Å²) >= 11 is 0. The molecule has 3 nitrogen and oxygen atoms in total. The maximum atomic E-state index is 15.4. The Labute approximate surface area is 223 Å². The largest absolute Gasteiger partial charge is 0.379 e. The molecule has 4 aliphatic rings. The van der Waals surface area contributed by atoms with E-state index in [-0.39, 0.29) is 10.8 Å². The smallest absolute Gasteiger partial charge is 0.145 e. The Morgan fingerprint density at radius 1 is 0.528 bits per heavy atom. The second kappa shape index (κ2) is 13.1. The van der Waals surface area contributed by atoms with Crippen LogP contribution in [-0.4, -0.2) is 31.2 Å². The summed E-state index contributed by atoms with van der Waals surface area (Å²) in [6.07, 6.45) is 23.2. The van der Waals surface area contributed by atoms with Crippen molar-refractivity contribution in [3.63, 3.8) is 0 Å². The average Bonchev–Trinajstić information content (AvgIpc) is 2.94. The Kier molecular flexibility index (Phi) is 10.4. The highest BCUT2D eigenvalue weighted by Crippen LogP contribution is 2.58. The minimum absolute atomic E-state index is 0.166. The van der Waals surface area contributed by atoms with Gasteiger partial charge in [0.25, 0.3) is 0 Å². The molecule has 4 saturated carbocycles. The molecule has 2 atom stereocenters. The summed E-state index contributed by atoms with van der Waals surface area (Å²) < 4.78 is 12.1. The lowest BCUT2D eigenvalue weighted by atomic mass is 9.48. The van der Waals surface area contributed by atoms with Gasteiger partial charge in [-0.15, -0.1) is 0 Å². The molecule has 0 aromatic rings. The van der Waals surface area contributed by atoms with Gasteiger partial charge in [-0.3, -0.25) is 4.79 Å². The molecule has 0 amide bonds. The van der Waals surface area contributed by atoms with Crippen molar-refractivity contribution in [3.05, 3.63) is 0 Å². The topological polar surface area (TPSA) is 35.5 Å². The Balaban J connectivity index is 1.64. The van der Waals surface area contributed by atoms with Crippen molar-refractivity contribution >= 4 is 5.78 Å². The van der Waals surface area contributed by atoms with Crippen molar-refractivity contribution in [1.29, 1.82) is 0 Å². The lowest BCUT2D eigenvalue weighted by molar-refractivity contribution is -0.159. The number of rotatable bonds is 10. The van der Waals surface area contributed by atoms with Crippen LogP contribution in [-0.2, 0) is 14.3 Å². The standard InChI is InChI=1S/C33H58O3/c1-5-35-29-21-17-27(18-22-29)32(3,25-13-9-7-10-14-25)31(34)33(4,26-15-11-8-12-16-26)28-19-23-30(24-20-28)36-6-2/h25-30H,5-24H2,1-4H3. The van der Waals surface area contributed by atoms with Crippen LogP contribution in [0.15, 0.2) is 0 Å². The van der Waals surface area contributed by atoms with E-state index in [1.807, 2.05) is 0 Å². The fraction of sp³-hybridized carbons (Fsp3) is 0.970. The van der Waals surface area contributed by atoms with Gasteiger partial charge >= 0.3 is 0 Å². The third-order valence-electron chi connectivity index (χ3n) is 11.7. The Hall–Kier alpha value is -0.410. The molecule has 2 unspecified atom stereocenters. The highest BCUT2D eigenvalue weighted by Gasteiger charge is 2.58. The van der Waals surface area contributed by atoms with Crippen molar-refractivity contribution in [3.8, 4) is 0 Å². The van der Waals surface area contributed by atoms with Crippen LogP contribution in [0.3, 0.4) is 0 Å². The van der Waals surface area contributed by atoms with Crippen LogP contribution in [0.5, 0.6) is 0 Å². The number of carbonyl (C=O) groups is 1. The normalized spacial score (nSPS) is 34.6. The van der Waals surface area contributed by atoms with E-state index in [1.54, 1.807) is 0 Å². The summed E-state index contributed by atoms with van der Waals surface area (Å²) in [5.41, 5.74) is -0.332. The zero-order chi connectivity index (χ0) is 25.6. The minimum Gasteiger partial charge on any atom is -0.379 e. The van der Waals surface area contributed by atoms with E-state index < -0.39 is 0 Å². The molecule has 0 bridgehead atoms. The molecule has 0 N–H and O–H groups in total. The zero-order valence-corrected chi connectivity index (χ0v) is 24.3. The first-order valence-corrected chi connectivity index (χ1v) is 16.2. The molecule has 0 aromatic heterocycles. The van der Waals surface area contributed by atoms with Crippen LogP contribution < -0.4 is 0 Å². The van der Waals surface area contributed by atoms with Gasteiger partial charge in [0, 0.05) is 24.0 Å². The molecule has 4 rings (SSSR count).